The Labute approximate surface area is 89.5 Å². The van der Waals surface area contributed by atoms with Crippen LogP contribution in [0.3, 0.4) is 0 Å². The third-order valence-electron chi connectivity index (χ3n) is 2.00. The molecule has 1 aromatic rings. The molecule has 0 aliphatic rings. The molecule has 0 heterocycles. The normalized spacial score (nSPS) is 14.0. The average molecular weight is 240 g/mol. The molecule has 0 saturated carbocycles. The summed E-state index contributed by atoms with van der Waals surface area (Å²) in [6.07, 6.45) is -4.59. The number of phenolic OH excluding ortho intramolecular Hbond substituents is 1. The Bertz CT molecular complexity index is 378. The third-order valence-corrected chi connectivity index (χ3v) is 2.40. The van der Waals surface area contributed by atoms with E-state index in [-0.39, 0.29) is 10.6 Å². The number of rotatable bonds is 1. The van der Waals surface area contributed by atoms with Gasteiger partial charge in [-0.2, -0.15) is 13.2 Å². The fraction of sp³-hybridized carbons (Fsp3) is 0.333. The summed E-state index contributed by atoms with van der Waals surface area (Å²) in [4.78, 5) is 0. The molecule has 1 aromatic carbocycles. The first-order chi connectivity index (χ1) is 6.73. The van der Waals surface area contributed by atoms with E-state index in [1.807, 2.05) is 0 Å². The van der Waals surface area contributed by atoms with Crippen molar-refractivity contribution in [1.82, 2.24) is 0 Å². The van der Waals surface area contributed by atoms with Crippen LogP contribution in [0.1, 0.15) is 17.2 Å². The number of benzene rings is 1. The Kier molecular flexibility index (Phi) is 3.16. The fourth-order valence-electron chi connectivity index (χ4n) is 1.12. The zero-order valence-electron chi connectivity index (χ0n) is 7.77. The summed E-state index contributed by atoms with van der Waals surface area (Å²) in [5.74, 6) is -0.546. The first-order valence-electron chi connectivity index (χ1n) is 4.04. The highest BCUT2D eigenvalue weighted by molar-refractivity contribution is 6.31. The van der Waals surface area contributed by atoms with Crippen LogP contribution in [0.25, 0.3) is 0 Å². The molecule has 0 aliphatic carbocycles. The van der Waals surface area contributed by atoms with Gasteiger partial charge in [-0.15, -0.1) is 0 Å². The molecule has 6 heteroatoms. The molecule has 3 N–H and O–H groups in total. The predicted octanol–water partition coefficient (Wildman–Crippen LogP) is 2.92. The Morgan fingerprint density at radius 3 is 2.40 bits per heavy atom. The van der Waals surface area contributed by atoms with Crippen molar-refractivity contribution in [1.29, 1.82) is 0 Å². The highest BCUT2D eigenvalue weighted by Crippen LogP contribution is 2.37. The van der Waals surface area contributed by atoms with Gasteiger partial charge in [0.15, 0.2) is 0 Å². The van der Waals surface area contributed by atoms with Gasteiger partial charge < -0.3 is 10.8 Å². The highest BCUT2D eigenvalue weighted by Gasteiger charge is 2.39. The van der Waals surface area contributed by atoms with E-state index in [4.69, 9.17) is 17.3 Å². The number of hydrogen-bond acceptors (Lipinski definition) is 2. The van der Waals surface area contributed by atoms with Gasteiger partial charge in [0, 0.05) is 10.6 Å². The van der Waals surface area contributed by atoms with Crippen LogP contribution in [0.5, 0.6) is 5.75 Å². The largest absolute Gasteiger partial charge is 0.508 e. The van der Waals surface area contributed by atoms with E-state index in [9.17, 15) is 18.3 Å². The minimum atomic E-state index is -4.59. The minimum absolute atomic E-state index is 0.200. The quantitative estimate of drug-likeness (QED) is 0.792. The van der Waals surface area contributed by atoms with Gasteiger partial charge in [0.05, 0.1) is 0 Å². The van der Waals surface area contributed by atoms with Crippen LogP contribution in [0.4, 0.5) is 13.2 Å². The van der Waals surface area contributed by atoms with Gasteiger partial charge in [-0.05, 0) is 24.6 Å². The molecule has 0 amide bonds. The molecule has 0 fully saturated rings. The smallest absolute Gasteiger partial charge is 0.407 e. The number of hydrogen-bond donors (Lipinski definition) is 2. The molecule has 1 atom stereocenters. The van der Waals surface area contributed by atoms with Crippen LogP contribution in [-0.4, -0.2) is 11.3 Å². The van der Waals surface area contributed by atoms with Crippen molar-refractivity contribution in [2.24, 2.45) is 5.73 Å². The maximum atomic E-state index is 12.3. The molecular weight excluding hydrogens is 231 g/mol. The number of halogens is 4. The molecule has 0 spiro atoms. The molecule has 0 aromatic heterocycles. The van der Waals surface area contributed by atoms with E-state index in [0.29, 0.717) is 5.56 Å². The van der Waals surface area contributed by atoms with Gasteiger partial charge in [-0.3, -0.25) is 0 Å². The average Bonchev–Trinajstić information content (AvgIpc) is 2.08. The predicted molar refractivity (Wildman–Crippen MR) is 50.8 cm³/mol. The lowest BCUT2D eigenvalue weighted by atomic mass is 10.0. The van der Waals surface area contributed by atoms with Gasteiger partial charge >= 0.3 is 6.18 Å². The van der Waals surface area contributed by atoms with E-state index in [0.717, 1.165) is 12.1 Å². The maximum absolute atomic E-state index is 12.3. The second-order valence-electron chi connectivity index (χ2n) is 3.18. The van der Waals surface area contributed by atoms with Crippen molar-refractivity contribution in [3.05, 3.63) is 28.3 Å². The Morgan fingerprint density at radius 2 is 1.93 bits per heavy atom. The lowest BCUT2D eigenvalue weighted by Crippen LogP contribution is -2.28. The number of alkyl halides is 3. The summed E-state index contributed by atoms with van der Waals surface area (Å²) in [5.41, 5.74) is 5.03. The van der Waals surface area contributed by atoms with Gasteiger partial charge in [0.2, 0.25) is 0 Å². The highest BCUT2D eigenvalue weighted by atomic mass is 35.5. The second-order valence-corrected chi connectivity index (χ2v) is 3.59. The third kappa shape index (κ3) is 2.54. The van der Waals surface area contributed by atoms with E-state index < -0.39 is 18.0 Å². The summed E-state index contributed by atoms with van der Waals surface area (Å²) in [6, 6.07) is -0.0124. The molecule has 0 aliphatic heterocycles. The van der Waals surface area contributed by atoms with Crippen molar-refractivity contribution in [2.45, 2.75) is 19.1 Å². The molecule has 15 heavy (non-hydrogen) atoms. The maximum Gasteiger partial charge on any atom is 0.407 e. The summed E-state index contributed by atoms with van der Waals surface area (Å²) in [7, 11) is 0. The topological polar surface area (TPSA) is 46.2 Å². The molecule has 1 rings (SSSR count). The summed E-state index contributed by atoms with van der Waals surface area (Å²) in [6.45, 7) is 1.54. The van der Waals surface area contributed by atoms with Gasteiger partial charge in [-0.1, -0.05) is 11.6 Å². The lowest BCUT2D eigenvalue weighted by molar-refractivity contribution is -0.149. The SMILES string of the molecule is Cc1cc([C@@H](N)C(F)(F)F)c(O)cc1Cl. The number of aryl methyl sites for hydroxylation is 1. The monoisotopic (exact) mass is 239 g/mol. The van der Waals surface area contributed by atoms with E-state index in [1.165, 1.54) is 6.92 Å². The van der Waals surface area contributed by atoms with Crippen molar-refractivity contribution in [2.75, 3.05) is 0 Å². The Hall–Kier alpha value is -0.940. The van der Waals surface area contributed by atoms with Crippen LogP contribution >= 0.6 is 11.6 Å². The minimum Gasteiger partial charge on any atom is -0.508 e. The van der Waals surface area contributed by atoms with Gasteiger partial charge in [-0.25, -0.2) is 0 Å². The van der Waals surface area contributed by atoms with E-state index in [1.54, 1.807) is 0 Å². The molecule has 84 valence electrons. The van der Waals surface area contributed by atoms with E-state index >= 15 is 0 Å². The number of phenols is 1. The van der Waals surface area contributed by atoms with Crippen molar-refractivity contribution in [3.8, 4) is 5.75 Å². The zero-order valence-corrected chi connectivity index (χ0v) is 8.52. The summed E-state index contributed by atoms with van der Waals surface area (Å²) in [5, 5.41) is 9.48. The Morgan fingerprint density at radius 1 is 1.40 bits per heavy atom. The zero-order chi connectivity index (χ0) is 11.8. The molecule has 0 radical (unpaired) electrons. The fourth-order valence-corrected chi connectivity index (χ4v) is 1.28. The first-order valence-corrected chi connectivity index (χ1v) is 4.42. The van der Waals surface area contributed by atoms with Crippen LogP contribution in [-0.2, 0) is 0 Å². The molecule has 2 nitrogen and oxygen atoms in total. The van der Waals surface area contributed by atoms with Crippen molar-refractivity contribution < 1.29 is 18.3 Å². The summed E-state index contributed by atoms with van der Waals surface area (Å²) < 4.78 is 36.8. The van der Waals surface area contributed by atoms with Crippen LogP contribution in [0.2, 0.25) is 5.02 Å². The summed E-state index contributed by atoms with van der Waals surface area (Å²) >= 11 is 5.62. The van der Waals surface area contributed by atoms with Crippen molar-refractivity contribution >= 4 is 11.6 Å². The molecular formula is C9H9ClF3NO. The number of aromatic hydroxyl groups is 1. The van der Waals surface area contributed by atoms with Crippen molar-refractivity contribution in [3.63, 3.8) is 0 Å². The molecule has 0 bridgehead atoms. The number of nitrogens with two attached hydrogens (primary N) is 1. The van der Waals surface area contributed by atoms with E-state index in [2.05, 4.69) is 0 Å². The first kappa shape index (κ1) is 12.1. The molecule has 0 saturated heterocycles. The lowest BCUT2D eigenvalue weighted by Gasteiger charge is -2.17. The Balaban J connectivity index is 3.21. The van der Waals surface area contributed by atoms with Crippen LogP contribution < -0.4 is 5.73 Å². The molecule has 0 unspecified atom stereocenters. The van der Waals surface area contributed by atoms with Gasteiger partial charge in [0.1, 0.15) is 11.8 Å². The van der Waals surface area contributed by atoms with Crippen LogP contribution in [0, 0.1) is 6.92 Å². The van der Waals surface area contributed by atoms with Crippen LogP contribution in [0.15, 0.2) is 12.1 Å². The second kappa shape index (κ2) is 3.90. The standard InChI is InChI=1S/C9H9ClF3NO/c1-4-2-5(7(15)3-6(4)10)8(14)9(11,12)13/h2-3,8,15H,14H2,1H3/t8-/m1/s1. The van der Waals surface area contributed by atoms with Gasteiger partial charge in [0.25, 0.3) is 0 Å².